The molecule has 0 aliphatic heterocycles. The van der Waals surface area contributed by atoms with E-state index in [1.54, 1.807) is 12.1 Å². The summed E-state index contributed by atoms with van der Waals surface area (Å²) in [7, 11) is 0. The first-order valence-corrected chi connectivity index (χ1v) is 4.57. The first-order valence-electron chi connectivity index (χ1n) is 3.78. The Morgan fingerprint density at radius 3 is 2.75 bits per heavy atom. The van der Waals surface area contributed by atoms with Crippen molar-refractivity contribution in [1.29, 1.82) is 0 Å². The van der Waals surface area contributed by atoms with Crippen molar-refractivity contribution >= 4 is 15.9 Å². The van der Waals surface area contributed by atoms with Crippen molar-refractivity contribution in [2.75, 3.05) is 0 Å². The normalized spacial score (nSPS) is 13.0. The van der Waals surface area contributed by atoms with Gasteiger partial charge in [0.05, 0.1) is 6.10 Å². The molecule has 3 heteroatoms. The van der Waals surface area contributed by atoms with Gasteiger partial charge in [-0.05, 0) is 18.6 Å². The minimum atomic E-state index is -0.696. The number of rotatable bonds is 2. The Hall–Kier alpha value is -0.410. The minimum absolute atomic E-state index is 0.362. The third-order valence-corrected chi connectivity index (χ3v) is 2.20. The van der Waals surface area contributed by atoms with Crippen molar-refractivity contribution < 1.29 is 9.50 Å². The van der Waals surface area contributed by atoms with Gasteiger partial charge in [0.1, 0.15) is 5.82 Å². The van der Waals surface area contributed by atoms with E-state index in [1.165, 1.54) is 6.07 Å². The molecule has 1 aromatic rings. The number of aliphatic hydroxyl groups excluding tert-OH is 1. The summed E-state index contributed by atoms with van der Waals surface area (Å²) in [5, 5.41) is 9.35. The molecule has 0 aliphatic carbocycles. The van der Waals surface area contributed by atoms with E-state index in [-0.39, 0.29) is 5.82 Å². The van der Waals surface area contributed by atoms with E-state index in [0.717, 1.165) is 0 Å². The molecule has 0 heterocycles. The average molecular weight is 233 g/mol. The third kappa shape index (κ3) is 2.05. The Labute approximate surface area is 79.4 Å². The van der Waals surface area contributed by atoms with Crippen molar-refractivity contribution in [1.82, 2.24) is 0 Å². The summed E-state index contributed by atoms with van der Waals surface area (Å²) >= 11 is 3.15. The van der Waals surface area contributed by atoms with Crippen molar-refractivity contribution in [2.45, 2.75) is 19.4 Å². The maximum Gasteiger partial charge on any atom is 0.130 e. The minimum Gasteiger partial charge on any atom is -0.388 e. The lowest BCUT2D eigenvalue weighted by Gasteiger charge is -2.08. The summed E-state index contributed by atoms with van der Waals surface area (Å²) in [6.45, 7) is 1.81. The summed E-state index contributed by atoms with van der Waals surface area (Å²) in [6.07, 6.45) is -0.170. The average Bonchev–Trinajstić information content (AvgIpc) is 2.03. The molecular weight excluding hydrogens is 223 g/mol. The van der Waals surface area contributed by atoms with Gasteiger partial charge in [0.25, 0.3) is 0 Å². The van der Waals surface area contributed by atoms with Crippen LogP contribution in [0.15, 0.2) is 22.7 Å². The molecule has 0 amide bonds. The standard InChI is InChI=1S/C9H10BrFO/c1-2-9(12)7-4-3-6(10)5-8(7)11/h3-5,9,12H,2H2,1H3/t9-/m1/s1. The number of halogens is 2. The van der Waals surface area contributed by atoms with Gasteiger partial charge in [-0.3, -0.25) is 0 Å². The molecule has 0 fully saturated rings. The van der Waals surface area contributed by atoms with Gasteiger partial charge in [0, 0.05) is 10.0 Å². The van der Waals surface area contributed by atoms with E-state index in [1.807, 2.05) is 6.92 Å². The molecule has 0 saturated carbocycles. The van der Waals surface area contributed by atoms with Gasteiger partial charge in [0.15, 0.2) is 0 Å². The highest BCUT2D eigenvalue weighted by Crippen LogP contribution is 2.22. The van der Waals surface area contributed by atoms with Crippen LogP contribution in [0.5, 0.6) is 0 Å². The van der Waals surface area contributed by atoms with E-state index in [9.17, 15) is 9.50 Å². The van der Waals surface area contributed by atoms with E-state index in [0.29, 0.717) is 16.5 Å². The fourth-order valence-corrected chi connectivity index (χ4v) is 1.32. The molecule has 0 radical (unpaired) electrons. The lowest BCUT2D eigenvalue weighted by molar-refractivity contribution is 0.169. The molecule has 1 atom stereocenters. The predicted octanol–water partition coefficient (Wildman–Crippen LogP) is 3.03. The van der Waals surface area contributed by atoms with E-state index < -0.39 is 6.10 Å². The molecule has 1 rings (SSSR count). The molecule has 0 unspecified atom stereocenters. The van der Waals surface area contributed by atoms with Crippen LogP contribution in [0.1, 0.15) is 25.0 Å². The van der Waals surface area contributed by atoms with Gasteiger partial charge in [-0.2, -0.15) is 0 Å². The summed E-state index contributed by atoms with van der Waals surface area (Å²) < 4.78 is 13.8. The van der Waals surface area contributed by atoms with Crippen LogP contribution in [-0.2, 0) is 0 Å². The lowest BCUT2D eigenvalue weighted by Crippen LogP contribution is -1.98. The van der Waals surface area contributed by atoms with E-state index in [4.69, 9.17) is 0 Å². The molecule has 0 aromatic heterocycles. The van der Waals surface area contributed by atoms with Gasteiger partial charge in [-0.1, -0.05) is 28.9 Å². The highest BCUT2D eigenvalue weighted by atomic mass is 79.9. The van der Waals surface area contributed by atoms with Crippen molar-refractivity contribution in [3.63, 3.8) is 0 Å². The smallest absolute Gasteiger partial charge is 0.130 e. The Balaban J connectivity index is 3.01. The van der Waals surface area contributed by atoms with E-state index >= 15 is 0 Å². The van der Waals surface area contributed by atoms with Crippen LogP contribution in [0, 0.1) is 5.82 Å². The van der Waals surface area contributed by atoms with Crippen LogP contribution in [0.4, 0.5) is 4.39 Å². The van der Waals surface area contributed by atoms with Crippen molar-refractivity contribution in [3.05, 3.63) is 34.1 Å². The maximum atomic E-state index is 13.1. The molecule has 0 aliphatic rings. The van der Waals surface area contributed by atoms with Crippen LogP contribution in [0.3, 0.4) is 0 Å². The second-order valence-electron chi connectivity index (χ2n) is 2.59. The van der Waals surface area contributed by atoms with Crippen molar-refractivity contribution in [3.8, 4) is 0 Å². The monoisotopic (exact) mass is 232 g/mol. The summed E-state index contributed by atoms with van der Waals surface area (Å²) in [4.78, 5) is 0. The first-order chi connectivity index (χ1) is 5.65. The molecule has 0 saturated heterocycles. The van der Waals surface area contributed by atoms with Gasteiger partial charge < -0.3 is 5.11 Å². The number of aliphatic hydroxyl groups is 1. The van der Waals surface area contributed by atoms with Crippen LogP contribution < -0.4 is 0 Å². The highest BCUT2D eigenvalue weighted by molar-refractivity contribution is 9.10. The maximum absolute atomic E-state index is 13.1. The molecule has 12 heavy (non-hydrogen) atoms. The summed E-state index contributed by atoms with van der Waals surface area (Å²) in [6, 6.07) is 4.67. The van der Waals surface area contributed by atoms with Gasteiger partial charge >= 0.3 is 0 Å². The van der Waals surface area contributed by atoms with E-state index in [2.05, 4.69) is 15.9 Å². The topological polar surface area (TPSA) is 20.2 Å². The van der Waals surface area contributed by atoms with Crippen LogP contribution in [0.2, 0.25) is 0 Å². The van der Waals surface area contributed by atoms with Gasteiger partial charge in [0.2, 0.25) is 0 Å². The van der Waals surface area contributed by atoms with Crippen LogP contribution in [0.25, 0.3) is 0 Å². The number of hydrogen-bond acceptors (Lipinski definition) is 1. The van der Waals surface area contributed by atoms with Crippen LogP contribution >= 0.6 is 15.9 Å². The molecule has 66 valence electrons. The first kappa shape index (κ1) is 9.68. The third-order valence-electron chi connectivity index (χ3n) is 1.71. The number of hydrogen-bond donors (Lipinski definition) is 1. The summed E-state index contributed by atoms with van der Waals surface area (Å²) in [5.74, 6) is -0.362. The van der Waals surface area contributed by atoms with Gasteiger partial charge in [-0.15, -0.1) is 0 Å². The molecule has 0 spiro atoms. The zero-order valence-corrected chi connectivity index (χ0v) is 8.31. The fraction of sp³-hybridized carbons (Fsp3) is 0.333. The molecular formula is C9H10BrFO. The second-order valence-corrected chi connectivity index (χ2v) is 3.51. The Bertz CT molecular complexity index is 275. The lowest BCUT2D eigenvalue weighted by atomic mass is 10.1. The molecule has 0 bridgehead atoms. The fourth-order valence-electron chi connectivity index (χ4n) is 0.992. The second kappa shape index (κ2) is 4.01. The number of benzene rings is 1. The molecule has 1 nitrogen and oxygen atoms in total. The Morgan fingerprint density at radius 2 is 2.25 bits per heavy atom. The van der Waals surface area contributed by atoms with Gasteiger partial charge in [-0.25, -0.2) is 4.39 Å². The largest absolute Gasteiger partial charge is 0.388 e. The zero-order valence-electron chi connectivity index (χ0n) is 6.72. The SMILES string of the molecule is CC[C@@H](O)c1ccc(Br)cc1F. The summed E-state index contributed by atoms with van der Waals surface area (Å²) in [5.41, 5.74) is 0.362. The van der Waals surface area contributed by atoms with Crippen LogP contribution in [-0.4, -0.2) is 5.11 Å². The molecule has 1 N–H and O–H groups in total. The highest BCUT2D eigenvalue weighted by Gasteiger charge is 2.09. The predicted molar refractivity (Wildman–Crippen MR) is 49.4 cm³/mol. The van der Waals surface area contributed by atoms with Crippen molar-refractivity contribution in [2.24, 2.45) is 0 Å². The quantitative estimate of drug-likeness (QED) is 0.832. The Kier molecular flexibility index (Phi) is 3.23. The molecule has 1 aromatic carbocycles. The Morgan fingerprint density at radius 1 is 1.58 bits per heavy atom. The zero-order chi connectivity index (χ0) is 9.14.